The molecule has 2 rings (SSSR count). The van der Waals surface area contributed by atoms with Crippen molar-refractivity contribution in [2.75, 3.05) is 4.90 Å². The van der Waals surface area contributed by atoms with Crippen LogP contribution >= 0.6 is 11.6 Å². The van der Waals surface area contributed by atoms with Gasteiger partial charge in [0.25, 0.3) is 5.91 Å². The molecule has 0 radical (unpaired) electrons. The Labute approximate surface area is 111 Å². The number of carbonyl (C=O) groups excluding carboxylic acids is 2. The largest absolute Gasteiger partial charge is 0.341 e. The van der Waals surface area contributed by atoms with Gasteiger partial charge in [0.15, 0.2) is 0 Å². The van der Waals surface area contributed by atoms with E-state index < -0.39 is 6.04 Å². The summed E-state index contributed by atoms with van der Waals surface area (Å²) in [4.78, 5) is 25.2. The van der Waals surface area contributed by atoms with Gasteiger partial charge in [0.2, 0.25) is 5.91 Å². The van der Waals surface area contributed by atoms with Gasteiger partial charge >= 0.3 is 0 Å². The van der Waals surface area contributed by atoms with Crippen molar-refractivity contribution in [3.05, 3.63) is 28.8 Å². The molecule has 0 bridgehead atoms. The van der Waals surface area contributed by atoms with Crippen molar-refractivity contribution in [2.24, 2.45) is 0 Å². The quantitative estimate of drug-likeness (QED) is 0.893. The molecule has 0 fully saturated rings. The van der Waals surface area contributed by atoms with Crippen molar-refractivity contribution in [1.82, 2.24) is 5.32 Å². The van der Waals surface area contributed by atoms with Gasteiger partial charge in [-0.1, -0.05) is 11.6 Å². The summed E-state index contributed by atoms with van der Waals surface area (Å²) in [6, 6.07) is 4.71. The maximum atomic E-state index is 12.3. The van der Waals surface area contributed by atoms with Crippen LogP contribution in [0.1, 0.15) is 32.4 Å². The number of hydrogen-bond donors (Lipinski definition) is 1. The molecule has 1 heterocycles. The van der Waals surface area contributed by atoms with Gasteiger partial charge in [-0.2, -0.15) is 0 Å². The number of nitrogens with one attached hydrogen (secondary N) is 1. The van der Waals surface area contributed by atoms with Gasteiger partial charge in [-0.05, 0) is 32.0 Å². The summed E-state index contributed by atoms with van der Waals surface area (Å²) >= 11 is 5.96. The van der Waals surface area contributed by atoms with E-state index in [0.29, 0.717) is 5.02 Å². The Hall–Kier alpha value is -1.55. The standard InChI is InChI=1S/C13H15ClN2O2/c1-7(2)16-11-5-4-9(14)6-10(11)12(13(16)18)15-8(3)17/h4-7,12H,1-3H3,(H,15,17). The van der Waals surface area contributed by atoms with Gasteiger partial charge in [0.05, 0.1) is 0 Å². The van der Waals surface area contributed by atoms with E-state index in [0.717, 1.165) is 11.3 Å². The monoisotopic (exact) mass is 266 g/mol. The van der Waals surface area contributed by atoms with E-state index in [-0.39, 0.29) is 17.9 Å². The minimum absolute atomic E-state index is 0.0381. The Kier molecular flexibility index (Phi) is 3.30. The van der Waals surface area contributed by atoms with Crippen molar-refractivity contribution >= 4 is 29.1 Å². The molecular weight excluding hydrogens is 252 g/mol. The number of rotatable bonds is 2. The molecule has 1 aromatic rings. The predicted molar refractivity (Wildman–Crippen MR) is 70.6 cm³/mol. The van der Waals surface area contributed by atoms with Crippen LogP contribution in [-0.2, 0) is 9.59 Å². The lowest BCUT2D eigenvalue weighted by Crippen LogP contribution is -2.39. The normalized spacial score (nSPS) is 18.2. The minimum atomic E-state index is -0.626. The summed E-state index contributed by atoms with van der Waals surface area (Å²) in [7, 11) is 0. The third-order valence-corrected chi connectivity index (χ3v) is 3.14. The van der Waals surface area contributed by atoms with E-state index in [1.807, 2.05) is 19.9 Å². The number of anilines is 1. The zero-order valence-corrected chi connectivity index (χ0v) is 11.3. The molecule has 0 aromatic heterocycles. The summed E-state index contributed by atoms with van der Waals surface area (Å²) in [6.07, 6.45) is 0. The van der Waals surface area contributed by atoms with E-state index >= 15 is 0 Å². The molecule has 1 unspecified atom stereocenters. The molecule has 1 aliphatic heterocycles. The highest BCUT2D eigenvalue weighted by Gasteiger charge is 2.39. The smallest absolute Gasteiger partial charge is 0.254 e. The molecule has 1 aliphatic rings. The second-order valence-electron chi connectivity index (χ2n) is 4.64. The van der Waals surface area contributed by atoms with Gasteiger partial charge in [-0.15, -0.1) is 0 Å². The second-order valence-corrected chi connectivity index (χ2v) is 5.08. The Morgan fingerprint density at radius 2 is 2.11 bits per heavy atom. The van der Waals surface area contributed by atoms with E-state index in [1.165, 1.54) is 6.92 Å². The number of fused-ring (bicyclic) bond motifs is 1. The summed E-state index contributed by atoms with van der Waals surface area (Å²) in [5, 5.41) is 3.23. The first kappa shape index (κ1) is 12.9. The molecule has 96 valence electrons. The third kappa shape index (κ3) is 2.08. The molecule has 2 amide bonds. The van der Waals surface area contributed by atoms with Crippen LogP contribution < -0.4 is 10.2 Å². The fourth-order valence-electron chi connectivity index (χ4n) is 2.24. The number of halogens is 1. The predicted octanol–water partition coefficient (Wildman–Crippen LogP) is 2.27. The lowest BCUT2D eigenvalue weighted by atomic mass is 10.1. The minimum Gasteiger partial charge on any atom is -0.341 e. The third-order valence-electron chi connectivity index (χ3n) is 2.91. The molecule has 0 aliphatic carbocycles. The molecule has 5 heteroatoms. The van der Waals surface area contributed by atoms with Crippen molar-refractivity contribution in [3.63, 3.8) is 0 Å². The molecular formula is C13H15ClN2O2. The summed E-state index contributed by atoms with van der Waals surface area (Å²) in [5.74, 6) is -0.345. The molecule has 4 nitrogen and oxygen atoms in total. The first-order chi connectivity index (χ1) is 8.41. The van der Waals surface area contributed by atoms with Crippen molar-refractivity contribution in [1.29, 1.82) is 0 Å². The van der Waals surface area contributed by atoms with E-state index in [2.05, 4.69) is 5.32 Å². The molecule has 0 saturated heterocycles. The van der Waals surface area contributed by atoms with Gasteiger partial charge in [-0.25, -0.2) is 0 Å². The highest BCUT2D eigenvalue weighted by molar-refractivity contribution is 6.31. The summed E-state index contributed by atoms with van der Waals surface area (Å²) < 4.78 is 0. The highest BCUT2D eigenvalue weighted by Crippen LogP contribution is 2.38. The molecule has 0 spiro atoms. The fraction of sp³-hybridized carbons (Fsp3) is 0.385. The topological polar surface area (TPSA) is 49.4 Å². The van der Waals surface area contributed by atoms with Crippen molar-refractivity contribution in [3.8, 4) is 0 Å². The molecule has 18 heavy (non-hydrogen) atoms. The molecule has 1 atom stereocenters. The zero-order valence-electron chi connectivity index (χ0n) is 10.5. The summed E-state index contributed by atoms with van der Waals surface area (Å²) in [6.45, 7) is 5.27. The van der Waals surface area contributed by atoms with Crippen LogP contribution in [0.2, 0.25) is 5.02 Å². The molecule has 0 saturated carbocycles. The van der Waals surface area contributed by atoms with Gasteiger partial charge < -0.3 is 10.2 Å². The van der Waals surface area contributed by atoms with E-state index in [4.69, 9.17) is 11.6 Å². The first-order valence-corrected chi connectivity index (χ1v) is 6.19. The fourth-order valence-corrected chi connectivity index (χ4v) is 2.42. The highest BCUT2D eigenvalue weighted by atomic mass is 35.5. The lowest BCUT2D eigenvalue weighted by molar-refractivity contribution is -0.126. The Bertz CT molecular complexity index is 514. The van der Waals surface area contributed by atoms with Crippen LogP contribution in [0.5, 0.6) is 0 Å². The van der Waals surface area contributed by atoms with Gasteiger partial charge in [0, 0.05) is 29.2 Å². The second kappa shape index (κ2) is 4.61. The number of carbonyl (C=O) groups is 2. The number of amides is 2. The molecule has 1 N–H and O–H groups in total. The summed E-state index contributed by atoms with van der Waals surface area (Å²) in [5.41, 5.74) is 1.58. The Morgan fingerprint density at radius 3 is 2.67 bits per heavy atom. The van der Waals surface area contributed by atoms with Crippen LogP contribution in [0.25, 0.3) is 0 Å². The maximum absolute atomic E-state index is 12.3. The number of nitrogens with zero attached hydrogens (tertiary/aromatic N) is 1. The lowest BCUT2D eigenvalue weighted by Gasteiger charge is -2.22. The Morgan fingerprint density at radius 1 is 1.44 bits per heavy atom. The zero-order chi connectivity index (χ0) is 13.4. The van der Waals surface area contributed by atoms with Crippen LogP contribution in [0.15, 0.2) is 18.2 Å². The van der Waals surface area contributed by atoms with E-state index in [9.17, 15) is 9.59 Å². The van der Waals surface area contributed by atoms with Crippen molar-refractivity contribution in [2.45, 2.75) is 32.9 Å². The Balaban J connectivity index is 2.50. The van der Waals surface area contributed by atoms with Crippen LogP contribution in [0, 0.1) is 0 Å². The number of benzene rings is 1. The SMILES string of the molecule is CC(=O)NC1C(=O)N(C(C)C)c2ccc(Cl)cc21. The first-order valence-electron chi connectivity index (χ1n) is 5.81. The van der Waals surface area contributed by atoms with E-state index in [1.54, 1.807) is 17.0 Å². The van der Waals surface area contributed by atoms with Crippen molar-refractivity contribution < 1.29 is 9.59 Å². The molecule has 1 aromatic carbocycles. The maximum Gasteiger partial charge on any atom is 0.254 e. The van der Waals surface area contributed by atoms with Gasteiger partial charge in [-0.3, -0.25) is 9.59 Å². The van der Waals surface area contributed by atoms with Crippen LogP contribution in [-0.4, -0.2) is 17.9 Å². The average molecular weight is 267 g/mol. The van der Waals surface area contributed by atoms with Gasteiger partial charge in [0.1, 0.15) is 6.04 Å². The number of hydrogen-bond acceptors (Lipinski definition) is 2. The van der Waals surface area contributed by atoms with Crippen LogP contribution in [0.4, 0.5) is 5.69 Å². The van der Waals surface area contributed by atoms with Crippen LogP contribution in [0.3, 0.4) is 0 Å². The average Bonchev–Trinajstić information content (AvgIpc) is 2.52.